The van der Waals surface area contributed by atoms with Crippen molar-refractivity contribution in [3.63, 3.8) is 0 Å². The van der Waals surface area contributed by atoms with Crippen molar-refractivity contribution in [1.82, 2.24) is 4.90 Å². The first-order valence-corrected chi connectivity index (χ1v) is 6.73. The average Bonchev–Trinajstić information content (AvgIpc) is 2.78. The summed E-state index contributed by atoms with van der Waals surface area (Å²) in [5.74, 6) is -0.347. The quantitative estimate of drug-likeness (QED) is 0.782. The molecule has 2 rings (SSSR count). The average molecular weight is 241 g/mol. The molecule has 0 radical (unpaired) electrons. The summed E-state index contributed by atoms with van der Waals surface area (Å²) >= 11 is 0. The summed E-state index contributed by atoms with van der Waals surface area (Å²) in [5.41, 5.74) is 0. The SMILES string of the molecule is C[C@@H](O)[C@H]1CCN(C2CCC(C(=O)O)CC2)C1. The second-order valence-electron chi connectivity index (χ2n) is 5.63. The lowest BCUT2D eigenvalue weighted by Crippen LogP contribution is -2.38. The highest BCUT2D eigenvalue weighted by molar-refractivity contribution is 5.70. The lowest BCUT2D eigenvalue weighted by molar-refractivity contribution is -0.143. The molecule has 1 saturated heterocycles. The minimum absolute atomic E-state index is 0.124. The van der Waals surface area contributed by atoms with Crippen LogP contribution in [-0.4, -0.2) is 46.3 Å². The van der Waals surface area contributed by atoms with Crippen molar-refractivity contribution in [3.8, 4) is 0 Å². The van der Waals surface area contributed by atoms with Crippen LogP contribution in [0.4, 0.5) is 0 Å². The van der Waals surface area contributed by atoms with Gasteiger partial charge in [-0.1, -0.05) is 0 Å². The van der Waals surface area contributed by atoms with E-state index in [9.17, 15) is 9.90 Å². The van der Waals surface area contributed by atoms with E-state index in [1.165, 1.54) is 0 Å². The maximum Gasteiger partial charge on any atom is 0.306 e. The number of nitrogens with zero attached hydrogens (tertiary/aromatic N) is 1. The standard InChI is InChI=1S/C13H23NO3/c1-9(15)11-6-7-14(8-11)12-4-2-10(3-5-12)13(16)17/h9-12,15H,2-8H2,1H3,(H,16,17)/t9-,10?,11+,12?/m1/s1. The molecule has 0 spiro atoms. The van der Waals surface area contributed by atoms with Crippen LogP contribution in [0.1, 0.15) is 39.0 Å². The van der Waals surface area contributed by atoms with Crippen LogP contribution in [0.15, 0.2) is 0 Å². The number of rotatable bonds is 3. The third-order valence-electron chi connectivity index (χ3n) is 4.50. The van der Waals surface area contributed by atoms with Gasteiger partial charge in [-0.3, -0.25) is 4.79 Å². The normalized spacial score (nSPS) is 36.9. The van der Waals surface area contributed by atoms with E-state index in [1.807, 2.05) is 6.92 Å². The Morgan fingerprint density at radius 2 is 1.88 bits per heavy atom. The number of carbonyl (C=O) groups is 1. The molecule has 98 valence electrons. The smallest absolute Gasteiger partial charge is 0.306 e. The number of aliphatic hydroxyl groups is 1. The minimum atomic E-state index is -0.633. The molecule has 4 heteroatoms. The van der Waals surface area contributed by atoms with E-state index >= 15 is 0 Å². The summed E-state index contributed by atoms with van der Waals surface area (Å²) in [4.78, 5) is 13.3. The van der Waals surface area contributed by atoms with Gasteiger partial charge in [0.1, 0.15) is 0 Å². The Morgan fingerprint density at radius 3 is 2.35 bits per heavy atom. The maximum atomic E-state index is 10.9. The summed E-state index contributed by atoms with van der Waals surface area (Å²) < 4.78 is 0. The summed E-state index contributed by atoms with van der Waals surface area (Å²) in [6.45, 7) is 3.92. The first-order valence-electron chi connectivity index (χ1n) is 6.73. The van der Waals surface area contributed by atoms with E-state index in [2.05, 4.69) is 4.90 Å². The fraction of sp³-hybridized carbons (Fsp3) is 0.923. The van der Waals surface area contributed by atoms with Crippen LogP contribution in [-0.2, 0) is 4.79 Å². The molecule has 0 aromatic rings. The lowest BCUT2D eigenvalue weighted by atomic mass is 9.85. The molecule has 0 aromatic heterocycles. The predicted octanol–water partition coefficient (Wildman–Crippen LogP) is 1.33. The van der Waals surface area contributed by atoms with Gasteiger partial charge in [0.25, 0.3) is 0 Å². The molecule has 1 saturated carbocycles. The van der Waals surface area contributed by atoms with Crippen molar-refractivity contribution in [2.45, 2.75) is 51.2 Å². The molecule has 2 N–H and O–H groups in total. The summed E-state index contributed by atoms with van der Waals surface area (Å²) in [5, 5.41) is 18.5. The third kappa shape index (κ3) is 2.99. The van der Waals surface area contributed by atoms with Crippen LogP contribution in [0.25, 0.3) is 0 Å². The second kappa shape index (κ2) is 5.36. The second-order valence-corrected chi connectivity index (χ2v) is 5.63. The Labute approximate surface area is 103 Å². The van der Waals surface area contributed by atoms with Gasteiger partial charge < -0.3 is 15.1 Å². The van der Waals surface area contributed by atoms with Crippen molar-refractivity contribution in [2.75, 3.05) is 13.1 Å². The van der Waals surface area contributed by atoms with Crippen LogP contribution in [0.2, 0.25) is 0 Å². The monoisotopic (exact) mass is 241 g/mol. The lowest BCUT2D eigenvalue weighted by Gasteiger charge is -2.33. The topological polar surface area (TPSA) is 60.8 Å². The zero-order valence-electron chi connectivity index (χ0n) is 10.5. The molecule has 4 nitrogen and oxygen atoms in total. The van der Waals surface area contributed by atoms with Gasteiger partial charge in [-0.2, -0.15) is 0 Å². The van der Waals surface area contributed by atoms with E-state index in [4.69, 9.17) is 5.11 Å². The predicted molar refractivity (Wildman–Crippen MR) is 64.7 cm³/mol. The molecular formula is C13H23NO3. The van der Waals surface area contributed by atoms with Gasteiger partial charge in [0.05, 0.1) is 12.0 Å². The molecule has 1 heterocycles. The number of aliphatic carboxylic acids is 1. The van der Waals surface area contributed by atoms with E-state index < -0.39 is 5.97 Å². The highest BCUT2D eigenvalue weighted by atomic mass is 16.4. The summed E-state index contributed by atoms with van der Waals surface area (Å²) in [6.07, 6.45) is 4.50. The maximum absolute atomic E-state index is 10.9. The highest BCUT2D eigenvalue weighted by Crippen LogP contribution is 2.31. The molecule has 2 atom stereocenters. The van der Waals surface area contributed by atoms with Crippen molar-refractivity contribution in [3.05, 3.63) is 0 Å². The van der Waals surface area contributed by atoms with Crippen molar-refractivity contribution in [2.24, 2.45) is 11.8 Å². The fourth-order valence-electron chi connectivity index (χ4n) is 3.23. The Kier molecular flexibility index (Phi) is 4.05. The van der Waals surface area contributed by atoms with Crippen molar-refractivity contribution < 1.29 is 15.0 Å². The summed E-state index contributed by atoms with van der Waals surface area (Å²) in [7, 11) is 0. The number of carboxylic acid groups (broad SMARTS) is 1. The van der Waals surface area contributed by atoms with Crippen LogP contribution in [0, 0.1) is 11.8 Å². The molecular weight excluding hydrogens is 218 g/mol. The van der Waals surface area contributed by atoms with Gasteiger partial charge in [-0.05, 0) is 51.5 Å². The Hall–Kier alpha value is -0.610. The Bertz CT molecular complexity index is 272. The van der Waals surface area contributed by atoms with Crippen LogP contribution < -0.4 is 0 Å². The van der Waals surface area contributed by atoms with Crippen LogP contribution in [0.3, 0.4) is 0 Å². The molecule has 1 aliphatic heterocycles. The number of hydrogen-bond donors (Lipinski definition) is 2. The van der Waals surface area contributed by atoms with E-state index in [1.54, 1.807) is 0 Å². The molecule has 17 heavy (non-hydrogen) atoms. The largest absolute Gasteiger partial charge is 0.481 e. The van der Waals surface area contributed by atoms with E-state index in [-0.39, 0.29) is 12.0 Å². The number of carboxylic acids is 1. The van der Waals surface area contributed by atoms with E-state index in [0.29, 0.717) is 12.0 Å². The number of aliphatic hydroxyl groups excluding tert-OH is 1. The minimum Gasteiger partial charge on any atom is -0.481 e. The third-order valence-corrected chi connectivity index (χ3v) is 4.50. The van der Waals surface area contributed by atoms with Crippen LogP contribution >= 0.6 is 0 Å². The Morgan fingerprint density at radius 1 is 1.24 bits per heavy atom. The first kappa shape index (κ1) is 12.8. The summed E-state index contributed by atoms with van der Waals surface area (Å²) in [6, 6.07) is 0.550. The van der Waals surface area contributed by atoms with Gasteiger partial charge in [-0.25, -0.2) is 0 Å². The van der Waals surface area contributed by atoms with Gasteiger partial charge in [0, 0.05) is 12.6 Å². The zero-order valence-corrected chi connectivity index (χ0v) is 10.5. The molecule has 0 bridgehead atoms. The molecule has 0 amide bonds. The number of hydrogen-bond acceptors (Lipinski definition) is 3. The molecule has 0 aromatic carbocycles. The first-order chi connectivity index (χ1) is 8.08. The van der Waals surface area contributed by atoms with Gasteiger partial charge in [-0.15, -0.1) is 0 Å². The number of likely N-dealkylation sites (tertiary alicyclic amines) is 1. The fourth-order valence-corrected chi connectivity index (χ4v) is 3.23. The molecule has 2 aliphatic rings. The van der Waals surface area contributed by atoms with Crippen molar-refractivity contribution in [1.29, 1.82) is 0 Å². The van der Waals surface area contributed by atoms with Gasteiger partial charge >= 0.3 is 5.97 Å². The van der Waals surface area contributed by atoms with Crippen molar-refractivity contribution >= 4 is 5.97 Å². The zero-order chi connectivity index (χ0) is 12.4. The highest BCUT2D eigenvalue weighted by Gasteiger charge is 2.34. The molecule has 2 fully saturated rings. The molecule has 1 aliphatic carbocycles. The van der Waals surface area contributed by atoms with Gasteiger partial charge in [0.15, 0.2) is 0 Å². The molecule has 0 unspecified atom stereocenters. The Balaban J connectivity index is 1.80. The van der Waals surface area contributed by atoms with Crippen LogP contribution in [0.5, 0.6) is 0 Å². The van der Waals surface area contributed by atoms with E-state index in [0.717, 1.165) is 45.2 Å². The van der Waals surface area contributed by atoms with Gasteiger partial charge in [0.2, 0.25) is 0 Å².